The molecule has 0 heterocycles. The topological polar surface area (TPSA) is 90.8 Å². The number of hydrogen-bond acceptors (Lipinski definition) is 6. The van der Waals surface area contributed by atoms with Crippen molar-refractivity contribution in [3.8, 4) is 18.3 Å². The van der Waals surface area contributed by atoms with Crippen molar-refractivity contribution in [3.05, 3.63) is 58.7 Å². The van der Waals surface area contributed by atoms with Crippen molar-refractivity contribution in [3.63, 3.8) is 0 Å². The highest BCUT2D eigenvalue weighted by Crippen LogP contribution is 2.31. The van der Waals surface area contributed by atoms with Gasteiger partial charge in [0.2, 0.25) is 0 Å². The van der Waals surface area contributed by atoms with Gasteiger partial charge < -0.3 is 9.47 Å². The zero-order valence-corrected chi connectivity index (χ0v) is 17.6. The van der Waals surface area contributed by atoms with Crippen molar-refractivity contribution in [2.45, 2.75) is 52.7 Å². The molecule has 0 unspecified atom stereocenters. The minimum absolute atomic E-state index is 0.508. The Bertz CT molecular complexity index is 1050. The summed E-state index contributed by atoms with van der Waals surface area (Å²) in [7, 11) is 0. The predicted octanol–water partition coefficient (Wildman–Crippen LogP) is 5.64. The van der Waals surface area contributed by atoms with E-state index >= 15 is 0 Å². The van der Waals surface area contributed by atoms with Crippen LogP contribution in [0.5, 0.6) is 5.75 Å². The molecule has 0 radical (unpaired) electrons. The fourth-order valence-corrected chi connectivity index (χ4v) is 2.91. The first-order chi connectivity index (χ1) is 13.6. The average Bonchev–Trinajstić information content (AvgIpc) is 2.64. The van der Waals surface area contributed by atoms with E-state index in [1.807, 2.05) is 71.9 Å². The zero-order chi connectivity index (χ0) is 21.7. The molecule has 0 atom stereocenters. The summed E-state index contributed by atoms with van der Waals surface area (Å²) in [5, 5.41) is 17.7. The van der Waals surface area contributed by atoms with Crippen LogP contribution < -0.4 is 4.74 Å². The Morgan fingerprint density at radius 1 is 0.897 bits per heavy atom. The largest absolute Gasteiger partial charge is 0.417 e. The van der Waals surface area contributed by atoms with Crippen molar-refractivity contribution in [1.29, 1.82) is 10.5 Å². The van der Waals surface area contributed by atoms with E-state index in [1.165, 1.54) is 0 Å². The van der Waals surface area contributed by atoms with Gasteiger partial charge in [0.15, 0.2) is 0 Å². The number of aryl methyl sites for hydroxylation is 2. The number of rotatable bonds is 6. The maximum atomic E-state index is 8.88. The SMILES string of the molecule is Cc1ccc(C(C)(C)N=C=Nc2ccc(C)c(C(C)(C)OC#N)c2)cc1OC#N. The first-order valence-corrected chi connectivity index (χ1v) is 9.13. The van der Waals surface area contributed by atoms with Gasteiger partial charge in [0.25, 0.3) is 12.5 Å². The van der Waals surface area contributed by atoms with E-state index < -0.39 is 11.1 Å². The summed E-state index contributed by atoms with van der Waals surface area (Å²) in [4.78, 5) is 8.79. The van der Waals surface area contributed by atoms with Crippen LogP contribution in [-0.2, 0) is 15.9 Å². The van der Waals surface area contributed by atoms with Crippen LogP contribution in [0.25, 0.3) is 0 Å². The van der Waals surface area contributed by atoms with Gasteiger partial charge in [-0.05, 0) is 76.4 Å². The maximum absolute atomic E-state index is 8.88. The molecule has 0 saturated heterocycles. The number of ether oxygens (including phenoxy) is 2. The van der Waals surface area contributed by atoms with Crippen molar-refractivity contribution >= 4 is 11.7 Å². The van der Waals surface area contributed by atoms with Gasteiger partial charge in [-0.1, -0.05) is 18.2 Å². The van der Waals surface area contributed by atoms with E-state index in [2.05, 4.69) is 16.0 Å². The molecule has 0 N–H and O–H groups in total. The van der Waals surface area contributed by atoms with Gasteiger partial charge in [-0.3, -0.25) is 0 Å². The Labute approximate surface area is 171 Å². The molecule has 0 fully saturated rings. The monoisotopic (exact) mass is 388 g/mol. The van der Waals surface area contributed by atoms with Crippen LogP contribution in [0.2, 0.25) is 0 Å². The molecule has 0 aliphatic carbocycles. The predicted molar refractivity (Wildman–Crippen MR) is 111 cm³/mol. The second-order valence-corrected chi connectivity index (χ2v) is 7.76. The molecular formula is C23H24N4O2. The van der Waals surface area contributed by atoms with Gasteiger partial charge in [-0.15, -0.1) is 5.26 Å². The molecule has 0 aromatic heterocycles. The smallest absolute Gasteiger partial charge is 0.292 e. The van der Waals surface area contributed by atoms with E-state index in [9.17, 15) is 0 Å². The molecule has 2 aromatic rings. The molecule has 148 valence electrons. The molecule has 2 rings (SSSR count). The summed E-state index contributed by atoms with van der Waals surface area (Å²) in [5.74, 6) is 0.508. The van der Waals surface area contributed by atoms with Gasteiger partial charge in [0.05, 0.1) is 17.2 Å². The highest BCUT2D eigenvalue weighted by molar-refractivity contribution is 5.56. The molecule has 0 saturated carbocycles. The number of nitriles is 2. The summed E-state index contributed by atoms with van der Waals surface area (Å²) in [6.45, 7) is 11.4. The van der Waals surface area contributed by atoms with Crippen LogP contribution in [0, 0.1) is 36.9 Å². The molecule has 0 aliphatic heterocycles. The third-order valence-corrected chi connectivity index (χ3v) is 4.73. The van der Waals surface area contributed by atoms with Crippen LogP contribution >= 0.6 is 0 Å². The number of nitrogens with zero attached hydrogens (tertiary/aromatic N) is 4. The Balaban J connectivity index is 2.35. The number of aliphatic imine (C=N–C) groups is 2. The lowest BCUT2D eigenvalue weighted by Gasteiger charge is -2.23. The van der Waals surface area contributed by atoms with E-state index in [-0.39, 0.29) is 0 Å². The first kappa shape index (κ1) is 21.7. The molecule has 0 amide bonds. The number of benzene rings is 2. The van der Waals surface area contributed by atoms with Crippen molar-refractivity contribution in [2.75, 3.05) is 0 Å². The summed E-state index contributed by atoms with van der Waals surface area (Å²) in [6.07, 6.45) is 3.46. The maximum Gasteiger partial charge on any atom is 0.292 e. The van der Waals surface area contributed by atoms with Gasteiger partial charge in [0, 0.05) is 5.56 Å². The van der Waals surface area contributed by atoms with Crippen LogP contribution in [-0.4, -0.2) is 6.01 Å². The molecule has 0 bridgehead atoms. The first-order valence-electron chi connectivity index (χ1n) is 9.13. The van der Waals surface area contributed by atoms with Crippen LogP contribution in [0.1, 0.15) is 49.9 Å². The molecule has 6 nitrogen and oxygen atoms in total. The summed E-state index contributed by atoms with van der Waals surface area (Å²) in [5.41, 5.74) is 2.94. The third kappa shape index (κ3) is 5.23. The van der Waals surface area contributed by atoms with Crippen molar-refractivity contribution < 1.29 is 9.47 Å². The second-order valence-electron chi connectivity index (χ2n) is 7.76. The fraction of sp³-hybridized carbons (Fsp3) is 0.348. The van der Waals surface area contributed by atoms with Gasteiger partial charge >= 0.3 is 0 Å². The standard InChI is InChI=1S/C23H24N4O2/c1-16-8-10-19(12-20(16)23(5,6)29-14-25)26-15-27-22(3,4)18-9-7-17(2)21(11-18)28-13-24/h7-12H,1-6H3. The Kier molecular flexibility index (Phi) is 6.44. The zero-order valence-electron chi connectivity index (χ0n) is 17.6. The Morgan fingerprint density at radius 3 is 2.24 bits per heavy atom. The van der Waals surface area contributed by atoms with Crippen LogP contribution in [0.4, 0.5) is 5.69 Å². The lowest BCUT2D eigenvalue weighted by Crippen LogP contribution is -2.20. The van der Waals surface area contributed by atoms with E-state index in [0.29, 0.717) is 11.4 Å². The lowest BCUT2D eigenvalue weighted by atomic mass is 9.93. The normalized spacial score (nSPS) is 10.9. The lowest BCUT2D eigenvalue weighted by molar-refractivity contribution is 0.0696. The molecule has 6 heteroatoms. The van der Waals surface area contributed by atoms with Gasteiger partial charge in [0.1, 0.15) is 11.4 Å². The Morgan fingerprint density at radius 2 is 1.59 bits per heavy atom. The second kappa shape index (κ2) is 8.61. The summed E-state index contributed by atoms with van der Waals surface area (Å²) >= 11 is 0. The Hall–Kier alpha value is -3.60. The quantitative estimate of drug-likeness (QED) is 0.473. The summed E-state index contributed by atoms with van der Waals surface area (Å²) < 4.78 is 10.2. The summed E-state index contributed by atoms with van der Waals surface area (Å²) in [6, 6.07) is 14.1. The van der Waals surface area contributed by atoms with Crippen molar-refractivity contribution in [1.82, 2.24) is 0 Å². The third-order valence-electron chi connectivity index (χ3n) is 4.73. The van der Waals surface area contributed by atoms with Crippen LogP contribution in [0.15, 0.2) is 46.4 Å². The van der Waals surface area contributed by atoms with Crippen molar-refractivity contribution in [2.24, 2.45) is 9.98 Å². The van der Waals surface area contributed by atoms with E-state index in [4.69, 9.17) is 20.0 Å². The highest BCUT2D eigenvalue weighted by Gasteiger charge is 2.25. The molecule has 29 heavy (non-hydrogen) atoms. The van der Waals surface area contributed by atoms with Crippen LogP contribution in [0.3, 0.4) is 0 Å². The molecule has 2 aromatic carbocycles. The van der Waals surface area contributed by atoms with Gasteiger partial charge in [-0.25, -0.2) is 4.99 Å². The minimum Gasteiger partial charge on any atom is -0.417 e. The molecular weight excluding hydrogens is 364 g/mol. The van der Waals surface area contributed by atoms with E-state index in [0.717, 1.165) is 22.3 Å². The van der Waals surface area contributed by atoms with Gasteiger partial charge in [-0.2, -0.15) is 10.3 Å². The molecule has 0 aliphatic rings. The average molecular weight is 388 g/mol. The fourth-order valence-electron chi connectivity index (χ4n) is 2.91. The van der Waals surface area contributed by atoms with E-state index in [1.54, 1.807) is 18.6 Å². The molecule has 0 spiro atoms. The highest BCUT2D eigenvalue weighted by atomic mass is 16.5. The minimum atomic E-state index is -0.750. The number of hydrogen-bond donors (Lipinski definition) is 0.